The summed E-state index contributed by atoms with van der Waals surface area (Å²) in [6.45, 7) is 1.94. The highest BCUT2D eigenvalue weighted by Crippen LogP contribution is 2.37. The number of methoxy groups -OCH3 is 2. The van der Waals surface area contributed by atoms with Gasteiger partial charge in [-0.05, 0) is 31.4 Å². The van der Waals surface area contributed by atoms with E-state index in [1.807, 2.05) is 18.2 Å². The molecule has 2 aromatic rings. The Balaban J connectivity index is 1.92. The average molecular weight is 289 g/mol. The van der Waals surface area contributed by atoms with Crippen molar-refractivity contribution >= 4 is 6.01 Å². The van der Waals surface area contributed by atoms with Crippen LogP contribution in [0.2, 0.25) is 0 Å². The molecule has 2 heterocycles. The predicted molar refractivity (Wildman–Crippen MR) is 78.9 cm³/mol. The molecule has 0 radical (unpaired) electrons. The number of anilines is 1. The van der Waals surface area contributed by atoms with Crippen molar-refractivity contribution in [1.82, 2.24) is 10.1 Å². The van der Waals surface area contributed by atoms with Gasteiger partial charge in [0.2, 0.25) is 5.82 Å². The molecule has 0 aliphatic carbocycles. The Morgan fingerprint density at radius 1 is 1.10 bits per heavy atom. The molecule has 0 bridgehead atoms. The van der Waals surface area contributed by atoms with Crippen LogP contribution >= 0.6 is 0 Å². The van der Waals surface area contributed by atoms with Gasteiger partial charge in [0, 0.05) is 13.1 Å². The van der Waals surface area contributed by atoms with Crippen LogP contribution in [-0.2, 0) is 0 Å². The standard InChI is InChI=1S/C15H19N3O3/c1-19-12-8-6-7-11(13(12)20-2)14-16-15(21-17-14)18-9-4-3-5-10-18/h6-8H,3-5,9-10H2,1-2H3. The minimum atomic E-state index is 0.520. The first-order chi connectivity index (χ1) is 10.3. The number of benzene rings is 1. The number of rotatable bonds is 4. The van der Waals surface area contributed by atoms with E-state index in [1.54, 1.807) is 14.2 Å². The predicted octanol–water partition coefficient (Wildman–Crippen LogP) is 2.74. The molecule has 1 aliphatic rings. The van der Waals surface area contributed by atoms with E-state index >= 15 is 0 Å². The van der Waals surface area contributed by atoms with Crippen molar-refractivity contribution in [2.45, 2.75) is 19.3 Å². The maximum Gasteiger partial charge on any atom is 0.324 e. The third-order valence-electron chi connectivity index (χ3n) is 3.69. The summed E-state index contributed by atoms with van der Waals surface area (Å²) < 4.78 is 16.1. The average Bonchev–Trinajstić information content (AvgIpc) is 3.04. The maximum atomic E-state index is 5.42. The van der Waals surface area contributed by atoms with Gasteiger partial charge in [0.25, 0.3) is 0 Å². The van der Waals surface area contributed by atoms with Gasteiger partial charge < -0.3 is 18.9 Å². The van der Waals surface area contributed by atoms with Crippen LogP contribution < -0.4 is 14.4 Å². The molecule has 1 aromatic carbocycles. The zero-order valence-electron chi connectivity index (χ0n) is 12.3. The molecule has 6 heteroatoms. The summed E-state index contributed by atoms with van der Waals surface area (Å²) in [5.74, 6) is 1.79. The molecule has 6 nitrogen and oxygen atoms in total. The Labute approximate surface area is 123 Å². The molecule has 21 heavy (non-hydrogen) atoms. The Morgan fingerprint density at radius 3 is 2.62 bits per heavy atom. The zero-order valence-corrected chi connectivity index (χ0v) is 12.3. The van der Waals surface area contributed by atoms with E-state index in [1.165, 1.54) is 19.3 Å². The second kappa shape index (κ2) is 6.03. The molecule has 1 aromatic heterocycles. The number of ether oxygens (including phenoxy) is 2. The first kappa shape index (κ1) is 13.7. The van der Waals surface area contributed by atoms with E-state index in [2.05, 4.69) is 15.0 Å². The summed E-state index contributed by atoms with van der Waals surface area (Å²) in [5, 5.41) is 4.08. The molecular formula is C15H19N3O3. The van der Waals surface area contributed by atoms with Crippen molar-refractivity contribution in [3.63, 3.8) is 0 Å². The molecule has 1 fully saturated rings. The minimum absolute atomic E-state index is 0.520. The Hall–Kier alpha value is -2.24. The van der Waals surface area contributed by atoms with Gasteiger partial charge in [-0.15, -0.1) is 0 Å². The van der Waals surface area contributed by atoms with Gasteiger partial charge >= 0.3 is 6.01 Å². The van der Waals surface area contributed by atoms with Gasteiger partial charge in [0.1, 0.15) is 0 Å². The topological polar surface area (TPSA) is 60.6 Å². The molecular weight excluding hydrogens is 270 g/mol. The first-order valence-corrected chi connectivity index (χ1v) is 7.13. The highest BCUT2D eigenvalue weighted by molar-refractivity contribution is 5.69. The van der Waals surface area contributed by atoms with Gasteiger partial charge in [0.05, 0.1) is 19.8 Å². The number of hydrogen-bond donors (Lipinski definition) is 0. The zero-order chi connectivity index (χ0) is 14.7. The summed E-state index contributed by atoms with van der Waals surface area (Å²) in [7, 11) is 3.21. The van der Waals surface area contributed by atoms with Gasteiger partial charge in [0.15, 0.2) is 11.5 Å². The molecule has 3 rings (SSSR count). The molecule has 0 N–H and O–H groups in total. The molecule has 0 spiro atoms. The van der Waals surface area contributed by atoms with E-state index in [9.17, 15) is 0 Å². The molecule has 0 amide bonds. The fourth-order valence-corrected chi connectivity index (χ4v) is 2.60. The fraction of sp³-hybridized carbons (Fsp3) is 0.467. The Morgan fingerprint density at radius 2 is 1.90 bits per heavy atom. The van der Waals surface area contributed by atoms with Gasteiger partial charge in [-0.3, -0.25) is 0 Å². The van der Waals surface area contributed by atoms with Crippen LogP contribution in [0.25, 0.3) is 11.4 Å². The lowest BCUT2D eigenvalue weighted by molar-refractivity contribution is 0.355. The molecule has 112 valence electrons. The fourth-order valence-electron chi connectivity index (χ4n) is 2.60. The Bertz CT molecular complexity index is 606. The lowest BCUT2D eigenvalue weighted by atomic mass is 10.1. The molecule has 0 unspecified atom stereocenters. The molecule has 0 saturated carbocycles. The maximum absolute atomic E-state index is 5.42. The summed E-state index contributed by atoms with van der Waals surface area (Å²) in [4.78, 5) is 6.63. The highest BCUT2D eigenvalue weighted by atomic mass is 16.5. The van der Waals surface area contributed by atoms with Gasteiger partial charge in [-0.25, -0.2) is 0 Å². The van der Waals surface area contributed by atoms with E-state index in [-0.39, 0.29) is 0 Å². The van der Waals surface area contributed by atoms with Gasteiger partial charge in [-0.2, -0.15) is 4.98 Å². The number of nitrogens with zero attached hydrogens (tertiary/aromatic N) is 3. The largest absolute Gasteiger partial charge is 0.493 e. The molecule has 1 aliphatic heterocycles. The smallest absolute Gasteiger partial charge is 0.324 e. The lowest BCUT2D eigenvalue weighted by Gasteiger charge is -2.23. The first-order valence-electron chi connectivity index (χ1n) is 7.13. The van der Waals surface area contributed by atoms with Crippen molar-refractivity contribution in [2.24, 2.45) is 0 Å². The third-order valence-corrected chi connectivity index (χ3v) is 3.69. The summed E-state index contributed by atoms with van der Waals surface area (Å²) in [6.07, 6.45) is 3.60. The highest BCUT2D eigenvalue weighted by Gasteiger charge is 2.20. The SMILES string of the molecule is COc1cccc(-c2noc(N3CCCCC3)n2)c1OC. The number of hydrogen-bond acceptors (Lipinski definition) is 6. The van der Waals surface area contributed by atoms with Crippen LogP contribution in [0.15, 0.2) is 22.7 Å². The van der Waals surface area contributed by atoms with E-state index in [0.717, 1.165) is 18.7 Å². The molecule has 0 atom stereocenters. The summed E-state index contributed by atoms with van der Waals surface area (Å²) in [5.41, 5.74) is 0.767. The van der Waals surface area contributed by atoms with Crippen LogP contribution in [0, 0.1) is 0 Å². The monoisotopic (exact) mass is 289 g/mol. The van der Waals surface area contributed by atoms with Crippen molar-refractivity contribution in [3.05, 3.63) is 18.2 Å². The number of aromatic nitrogens is 2. The second-order valence-electron chi connectivity index (χ2n) is 4.99. The van der Waals surface area contributed by atoms with Gasteiger partial charge in [-0.1, -0.05) is 11.2 Å². The normalized spacial score (nSPS) is 15.0. The molecule has 1 saturated heterocycles. The Kier molecular flexibility index (Phi) is 3.94. The second-order valence-corrected chi connectivity index (χ2v) is 4.99. The van der Waals surface area contributed by atoms with Crippen LogP contribution in [0.5, 0.6) is 11.5 Å². The van der Waals surface area contributed by atoms with Crippen molar-refractivity contribution < 1.29 is 14.0 Å². The van der Waals surface area contributed by atoms with Crippen molar-refractivity contribution in [3.8, 4) is 22.9 Å². The minimum Gasteiger partial charge on any atom is -0.493 e. The quantitative estimate of drug-likeness (QED) is 0.862. The number of piperidine rings is 1. The van der Waals surface area contributed by atoms with Crippen LogP contribution in [0.4, 0.5) is 6.01 Å². The lowest BCUT2D eigenvalue weighted by Crippen LogP contribution is -2.29. The van der Waals surface area contributed by atoms with Crippen LogP contribution in [0.1, 0.15) is 19.3 Å². The van der Waals surface area contributed by atoms with Crippen LogP contribution in [-0.4, -0.2) is 37.4 Å². The summed E-state index contributed by atoms with van der Waals surface area (Å²) >= 11 is 0. The van der Waals surface area contributed by atoms with Crippen molar-refractivity contribution in [1.29, 1.82) is 0 Å². The van der Waals surface area contributed by atoms with E-state index in [4.69, 9.17) is 14.0 Å². The van der Waals surface area contributed by atoms with Crippen LogP contribution in [0.3, 0.4) is 0 Å². The third kappa shape index (κ3) is 2.66. The van der Waals surface area contributed by atoms with Crippen molar-refractivity contribution in [2.75, 3.05) is 32.2 Å². The van der Waals surface area contributed by atoms with E-state index in [0.29, 0.717) is 23.3 Å². The number of para-hydroxylation sites is 1. The summed E-state index contributed by atoms with van der Waals surface area (Å²) in [6, 6.07) is 6.20. The van der Waals surface area contributed by atoms with E-state index < -0.39 is 0 Å².